The third-order valence-corrected chi connectivity index (χ3v) is 4.77. The summed E-state index contributed by atoms with van der Waals surface area (Å²) in [5.41, 5.74) is 6.27. The van der Waals surface area contributed by atoms with Crippen LogP contribution in [-0.4, -0.2) is 68.3 Å². The van der Waals surface area contributed by atoms with Gasteiger partial charge < -0.3 is 15.4 Å². The molecule has 4 heteroatoms. The molecule has 2 fully saturated rings. The van der Waals surface area contributed by atoms with Crippen molar-refractivity contribution in [3.8, 4) is 0 Å². The first-order chi connectivity index (χ1) is 8.11. The second kappa shape index (κ2) is 5.22. The van der Waals surface area contributed by atoms with Crippen molar-refractivity contribution in [1.82, 2.24) is 9.80 Å². The Morgan fingerprint density at radius 3 is 2.71 bits per heavy atom. The van der Waals surface area contributed by atoms with Gasteiger partial charge in [0.2, 0.25) is 0 Å². The Kier molecular flexibility index (Phi) is 4.08. The highest BCUT2D eigenvalue weighted by Crippen LogP contribution is 2.31. The lowest BCUT2D eigenvalue weighted by atomic mass is 9.88. The number of ether oxygens (including phenoxy) is 1. The first kappa shape index (κ1) is 13.3. The molecule has 3 atom stereocenters. The van der Waals surface area contributed by atoms with Crippen LogP contribution < -0.4 is 5.73 Å². The number of likely N-dealkylation sites (N-methyl/N-ethyl adjacent to an activating group) is 1. The van der Waals surface area contributed by atoms with E-state index in [1.54, 1.807) is 0 Å². The zero-order chi connectivity index (χ0) is 12.5. The van der Waals surface area contributed by atoms with Gasteiger partial charge in [-0.2, -0.15) is 0 Å². The number of rotatable bonds is 3. The molecule has 2 aliphatic rings. The Morgan fingerprint density at radius 1 is 1.41 bits per heavy atom. The minimum Gasteiger partial charge on any atom is -0.380 e. The molecule has 0 spiro atoms. The van der Waals surface area contributed by atoms with E-state index in [4.69, 9.17) is 10.5 Å². The molecule has 2 heterocycles. The van der Waals surface area contributed by atoms with E-state index in [0.717, 1.165) is 19.6 Å². The van der Waals surface area contributed by atoms with Crippen molar-refractivity contribution in [3.63, 3.8) is 0 Å². The summed E-state index contributed by atoms with van der Waals surface area (Å²) in [4.78, 5) is 4.98. The SMILES string of the molecule is COC1CN(C2(CN)CCN(C)C2)CCC1C. The number of nitrogens with two attached hydrogens (primary N) is 1. The van der Waals surface area contributed by atoms with Crippen LogP contribution in [0.4, 0.5) is 0 Å². The van der Waals surface area contributed by atoms with Gasteiger partial charge in [0.1, 0.15) is 0 Å². The standard InChI is InChI=1S/C13H27N3O/c1-11-4-6-16(8-12(11)17-3)13(9-14)5-7-15(2)10-13/h11-12H,4-10,14H2,1-3H3. The maximum absolute atomic E-state index is 6.07. The predicted molar refractivity (Wildman–Crippen MR) is 70.1 cm³/mol. The van der Waals surface area contributed by atoms with Gasteiger partial charge in [0.05, 0.1) is 6.10 Å². The van der Waals surface area contributed by atoms with E-state index in [1.165, 1.54) is 25.9 Å². The lowest BCUT2D eigenvalue weighted by Crippen LogP contribution is -2.60. The third kappa shape index (κ3) is 2.50. The molecule has 0 aromatic rings. The largest absolute Gasteiger partial charge is 0.380 e. The van der Waals surface area contributed by atoms with Crippen LogP contribution in [0.15, 0.2) is 0 Å². The molecular weight excluding hydrogens is 214 g/mol. The summed E-state index contributed by atoms with van der Waals surface area (Å²) in [6.07, 6.45) is 2.80. The highest BCUT2D eigenvalue weighted by atomic mass is 16.5. The molecule has 3 unspecified atom stereocenters. The zero-order valence-electron chi connectivity index (χ0n) is 11.5. The fraction of sp³-hybridized carbons (Fsp3) is 1.00. The number of likely N-dealkylation sites (tertiary alicyclic amines) is 2. The van der Waals surface area contributed by atoms with E-state index in [9.17, 15) is 0 Å². The van der Waals surface area contributed by atoms with Gasteiger partial charge in [-0.1, -0.05) is 6.92 Å². The van der Waals surface area contributed by atoms with Crippen LogP contribution in [0, 0.1) is 5.92 Å². The van der Waals surface area contributed by atoms with Crippen molar-refractivity contribution in [1.29, 1.82) is 0 Å². The van der Waals surface area contributed by atoms with E-state index < -0.39 is 0 Å². The van der Waals surface area contributed by atoms with Crippen molar-refractivity contribution >= 4 is 0 Å². The molecule has 2 N–H and O–H groups in total. The molecular formula is C13H27N3O. The van der Waals surface area contributed by atoms with Crippen molar-refractivity contribution in [2.45, 2.75) is 31.4 Å². The molecule has 0 radical (unpaired) electrons. The van der Waals surface area contributed by atoms with Gasteiger partial charge in [-0.3, -0.25) is 4.90 Å². The molecule has 0 bridgehead atoms. The van der Waals surface area contributed by atoms with Gasteiger partial charge in [0.25, 0.3) is 0 Å². The van der Waals surface area contributed by atoms with E-state index in [-0.39, 0.29) is 5.54 Å². The van der Waals surface area contributed by atoms with Gasteiger partial charge in [0, 0.05) is 32.3 Å². The molecule has 100 valence electrons. The third-order valence-electron chi connectivity index (χ3n) is 4.77. The average molecular weight is 241 g/mol. The van der Waals surface area contributed by atoms with Crippen molar-refractivity contribution in [2.75, 3.05) is 46.9 Å². The molecule has 0 amide bonds. The van der Waals surface area contributed by atoms with Crippen molar-refractivity contribution < 1.29 is 4.74 Å². The Morgan fingerprint density at radius 2 is 2.18 bits per heavy atom. The fourth-order valence-corrected chi connectivity index (χ4v) is 3.38. The lowest BCUT2D eigenvalue weighted by Gasteiger charge is -2.46. The van der Waals surface area contributed by atoms with Gasteiger partial charge in [0.15, 0.2) is 0 Å². The quantitative estimate of drug-likeness (QED) is 0.775. The molecule has 2 saturated heterocycles. The molecule has 2 rings (SSSR count). The molecule has 4 nitrogen and oxygen atoms in total. The van der Waals surface area contributed by atoms with Gasteiger partial charge in [-0.15, -0.1) is 0 Å². The van der Waals surface area contributed by atoms with Crippen LogP contribution in [0.25, 0.3) is 0 Å². The van der Waals surface area contributed by atoms with Crippen LogP contribution in [0.1, 0.15) is 19.8 Å². The summed E-state index contributed by atoms with van der Waals surface area (Å²) in [6.45, 7) is 7.55. The van der Waals surface area contributed by atoms with Crippen LogP contribution in [0.2, 0.25) is 0 Å². The molecule has 0 aromatic carbocycles. The van der Waals surface area contributed by atoms with Gasteiger partial charge in [-0.25, -0.2) is 0 Å². The molecule has 0 saturated carbocycles. The maximum Gasteiger partial charge on any atom is 0.0724 e. The topological polar surface area (TPSA) is 41.7 Å². The number of nitrogens with zero attached hydrogens (tertiary/aromatic N) is 2. The molecule has 2 aliphatic heterocycles. The second-order valence-corrected chi connectivity index (χ2v) is 5.90. The van der Waals surface area contributed by atoms with Crippen LogP contribution in [0.5, 0.6) is 0 Å². The first-order valence-corrected chi connectivity index (χ1v) is 6.78. The average Bonchev–Trinajstić information content (AvgIpc) is 2.73. The smallest absolute Gasteiger partial charge is 0.0724 e. The molecule has 17 heavy (non-hydrogen) atoms. The summed E-state index contributed by atoms with van der Waals surface area (Å²) in [5.74, 6) is 0.671. The fourth-order valence-electron chi connectivity index (χ4n) is 3.38. The van der Waals surface area contributed by atoms with Gasteiger partial charge >= 0.3 is 0 Å². The van der Waals surface area contributed by atoms with E-state index >= 15 is 0 Å². The minimum atomic E-state index is 0.200. The summed E-state index contributed by atoms with van der Waals surface area (Å²) in [5, 5.41) is 0. The Labute approximate surface area is 105 Å². The summed E-state index contributed by atoms with van der Waals surface area (Å²) in [6, 6.07) is 0. The Bertz CT molecular complexity index is 261. The van der Waals surface area contributed by atoms with E-state index in [2.05, 4.69) is 23.8 Å². The van der Waals surface area contributed by atoms with Crippen molar-refractivity contribution in [2.24, 2.45) is 11.7 Å². The normalized spacial score (nSPS) is 40.9. The summed E-state index contributed by atoms with van der Waals surface area (Å²) in [7, 11) is 4.03. The maximum atomic E-state index is 6.07. The number of methoxy groups -OCH3 is 1. The number of hydrogen-bond acceptors (Lipinski definition) is 4. The predicted octanol–water partition coefficient (Wildman–Crippen LogP) is 0.376. The van der Waals surface area contributed by atoms with E-state index in [0.29, 0.717) is 12.0 Å². The zero-order valence-corrected chi connectivity index (χ0v) is 11.5. The highest BCUT2D eigenvalue weighted by molar-refractivity contribution is 5.01. The number of hydrogen-bond donors (Lipinski definition) is 1. The second-order valence-electron chi connectivity index (χ2n) is 5.90. The van der Waals surface area contributed by atoms with Crippen LogP contribution in [0.3, 0.4) is 0 Å². The number of piperidine rings is 1. The Hall–Kier alpha value is -0.160. The Balaban J connectivity index is 2.05. The minimum absolute atomic E-state index is 0.200. The van der Waals surface area contributed by atoms with Crippen LogP contribution in [-0.2, 0) is 4.74 Å². The summed E-state index contributed by atoms with van der Waals surface area (Å²) < 4.78 is 5.61. The van der Waals surface area contributed by atoms with Gasteiger partial charge in [-0.05, 0) is 38.9 Å². The highest BCUT2D eigenvalue weighted by Gasteiger charge is 2.43. The van der Waals surface area contributed by atoms with Crippen molar-refractivity contribution in [3.05, 3.63) is 0 Å². The first-order valence-electron chi connectivity index (χ1n) is 6.78. The molecule has 0 aliphatic carbocycles. The lowest BCUT2D eigenvalue weighted by molar-refractivity contribution is -0.0415. The van der Waals surface area contributed by atoms with Crippen LogP contribution >= 0.6 is 0 Å². The monoisotopic (exact) mass is 241 g/mol. The van der Waals surface area contributed by atoms with E-state index in [1.807, 2.05) is 7.11 Å². The molecule has 0 aromatic heterocycles. The summed E-state index contributed by atoms with van der Waals surface area (Å²) >= 11 is 0.